The van der Waals surface area contributed by atoms with Crippen LogP contribution in [0.4, 0.5) is 20.2 Å². The topological polar surface area (TPSA) is 90.5 Å². The first kappa shape index (κ1) is 23.5. The van der Waals surface area contributed by atoms with Crippen molar-refractivity contribution >= 4 is 23.2 Å². The zero-order chi connectivity index (χ0) is 24.4. The van der Waals surface area contributed by atoms with Gasteiger partial charge in [0.1, 0.15) is 11.6 Å². The summed E-state index contributed by atoms with van der Waals surface area (Å²) in [6.45, 7) is 3.37. The molecule has 4 rings (SSSR count). The van der Waals surface area contributed by atoms with Gasteiger partial charge < -0.3 is 21.1 Å². The molecule has 6 nitrogen and oxygen atoms in total. The van der Waals surface area contributed by atoms with E-state index >= 15 is 0 Å². The molecule has 1 unspecified atom stereocenters. The van der Waals surface area contributed by atoms with Crippen molar-refractivity contribution in [3.63, 3.8) is 0 Å². The molecule has 34 heavy (non-hydrogen) atoms. The summed E-state index contributed by atoms with van der Waals surface area (Å²) in [5, 5.41) is 19.0. The van der Waals surface area contributed by atoms with Gasteiger partial charge in [-0.15, -0.1) is 0 Å². The van der Waals surface area contributed by atoms with Gasteiger partial charge in [0.25, 0.3) is 0 Å². The number of benzene rings is 3. The molecule has 3 aromatic carbocycles. The second-order valence-electron chi connectivity index (χ2n) is 8.36. The lowest BCUT2D eigenvalue weighted by molar-refractivity contribution is -0.118. The second kappa shape index (κ2) is 9.70. The van der Waals surface area contributed by atoms with E-state index in [2.05, 4.69) is 16.0 Å². The standard InChI is InChI=1S/C26H25F2N3O3/c1-14-19-6-3-4-7-20(19)24-21(30-25(14)33)8-5-9-22(24)31-26(34)15(2)29-13-23(32)16-10-17(27)12-18(28)11-16/h3-12,14-15,23,29,32H,13H2,1-2H3,(H,30,33)(H,31,34)/t14?,15-,23-/m0/s1. The van der Waals surface area contributed by atoms with Crippen LogP contribution in [0.1, 0.15) is 37.0 Å². The molecular weight excluding hydrogens is 440 g/mol. The first-order chi connectivity index (χ1) is 16.2. The molecule has 1 aliphatic heterocycles. The molecule has 0 radical (unpaired) electrons. The van der Waals surface area contributed by atoms with E-state index < -0.39 is 23.8 Å². The van der Waals surface area contributed by atoms with Crippen LogP contribution in [0.5, 0.6) is 0 Å². The maximum Gasteiger partial charge on any atom is 0.241 e. The highest BCUT2D eigenvalue weighted by Crippen LogP contribution is 2.42. The number of hydrogen-bond acceptors (Lipinski definition) is 4. The number of carbonyl (C=O) groups excluding carboxylic acids is 2. The first-order valence-electron chi connectivity index (χ1n) is 11.0. The average Bonchev–Trinajstić information content (AvgIpc) is 2.91. The molecule has 2 amide bonds. The lowest BCUT2D eigenvalue weighted by Crippen LogP contribution is -2.40. The Kier molecular flexibility index (Phi) is 6.72. The Morgan fingerprint density at radius 3 is 2.53 bits per heavy atom. The molecule has 176 valence electrons. The van der Waals surface area contributed by atoms with Crippen molar-refractivity contribution in [3.05, 3.63) is 83.4 Å². The molecule has 0 spiro atoms. The minimum absolute atomic E-state index is 0.0763. The summed E-state index contributed by atoms with van der Waals surface area (Å²) in [6.07, 6.45) is -1.20. The van der Waals surface area contributed by atoms with Gasteiger partial charge in [0.2, 0.25) is 11.8 Å². The molecule has 0 saturated carbocycles. The molecule has 0 fully saturated rings. The van der Waals surface area contributed by atoms with Crippen molar-refractivity contribution < 1.29 is 23.5 Å². The molecule has 1 aliphatic rings. The lowest BCUT2D eigenvalue weighted by atomic mass is 9.91. The van der Waals surface area contributed by atoms with Crippen molar-refractivity contribution in [1.82, 2.24) is 5.32 Å². The molecule has 4 N–H and O–H groups in total. The van der Waals surface area contributed by atoms with Crippen molar-refractivity contribution in [3.8, 4) is 11.1 Å². The first-order valence-corrected chi connectivity index (χ1v) is 11.0. The number of carbonyl (C=O) groups is 2. The van der Waals surface area contributed by atoms with Gasteiger partial charge in [-0.2, -0.15) is 0 Å². The highest BCUT2D eigenvalue weighted by atomic mass is 19.1. The lowest BCUT2D eigenvalue weighted by Gasteiger charge is -2.20. The number of fused-ring (bicyclic) bond motifs is 3. The summed E-state index contributed by atoms with van der Waals surface area (Å²) in [6, 6.07) is 14.9. The fourth-order valence-corrected chi connectivity index (χ4v) is 4.04. The van der Waals surface area contributed by atoms with Crippen LogP contribution in [-0.4, -0.2) is 29.5 Å². The third kappa shape index (κ3) is 4.83. The van der Waals surface area contributed by atoms with Gasteiger partial charge in [0, 0.05) is 18.2 Å². The number of hydrogen-bond donors (Lipinski definition) is 4. The van der Waals surface area contributed by atoms with E-state index in [1.165, 1.54) is 0 Å². The summed E-state index contributed by atoms with van der Waals surface area (Å²) >= 11 is 0. The van der Waals surface area contributed by atoms with E-state index in [1.807, 2.05) is 31.2 Å². The molecule has 1 heterocycles. The molecule has 0 bridgehead atoms. The predicted molar refractivity (Wildman–Crippen MR) is 126 cm³/mol. The Hall–Kier alpha value is -3.62. The summed E-state index contributed by atoms with van der Waals surface area (Å²) in [5.41, 5.74) is 3.63. The van der Waals surface area contributed by atoms with Gasteiger partial charge in [-0.05, 0) is 54.8 Å². The minimum atomic E-state index is -1.20. The molecule has 3 atom stereocenters. The Morgan fingerprint density at radius 2 is 1.79 bits per heavy atom. The normalized spacial score (nSPS) is 16.5. The van der Waals surface area contributed by atoms with Crippen LogP contribution in [0.3, 0.4) is 0 Å². The third-order valence-electron chi connectivity index (χ3n) is 5.95. The SMILES string of the molecule is CC1C(=O)Nc2cccc(NC(=O)[C@H](C)NC[C@H](O)c3cc(F)cc(F)c3)c2-c2ccccc21. The van der Waals surface area contributed by atoms with Crippen molar-refractivity contribution in [2.45, 2.75) is 31.9 Å². The van der Waals surface area contributed by atoms with Crippen LogP contribution < -0.4 is 16.0 Å². The summed E-state index contributed by atoms with van der Waals surface area (Å²) in [7, 11) is 0. The quantitative estimate of drug-likeness (QED) is 0.436. The number of amides is 2. The fraction of sp³-hybridized carbons (Fsp3) is 0.231. The molecule has 8 heteroatoms. The number of anilines is 2. The van der Waals surface area contributed by atoms with Gasteiger partial charge in [0.15, 0.2) is 0 Å². The van der Waals surface area contributed by atoms with E-state index in [1.54, 1.807) is 25.1 Å². The molecule has 3 aromatic rings. The van der Waals surface area contributed by atoms with E-state index in [0.29, 0.717) is 16.9 Å². The summed E-state index contributed by atoms with van der Waals surface area (Å²) < 4.78 is 26.8. The number of halogens is 2. The van der Waals surface area contributed by atoms with Crippen molar-refractivity contribution in [1.29, 1.82) is 0 Å². The maximum absolute atomic E-state index is 13.4. The number of rotatable bonds is 6. The minimum Gasteiger partial charge on any atom is -0.387 e. The zero-order valence-corrected chi connectivity index (χ0v) is 18.7. The third-order valence-corrected chi connectivity index (χ3v) is 5.95. The van der Waals surface area contributed by atoms with Gasteiger partial charge in [0.05, 0.1) is 29.4 Å². The van der Waals surface area contributed by atoms with E-state index in [9.17, 15) is 23.5 Å². The van der Waals surface area contributed by atoms with Crippen LogP contribution in [0, 0.1) is 11.6 Å². The van der Waals surface area contributed by atoms with Crippen molar-refractivity contribution in [2.75, 3.05) is 17.2 Å². The molecule has 0 saturated heterocycles. The average molecular weight is 466 g/mol. The zero-order valence-electron chi connectivity index (χ0n) is 18.7. The number of nitrogens with one attached hydrogen (secondary N) is 3. The highest BCUT2D eigenvalue weighted by Gasteiger charge is 2.27. The fourth-order valence-electron chi connectivity index (χ4n) is 4.04. The molecule has 0 aromatic heterocycles. The molecular formula is C26H25F2N3O3. The van der Waals surface area contributed by atoms with Crippen LogP contribution >= 0.6 is 0 Å². The highest BCUT2D eigenvalue weighted by molar-refractivity contribution is 6.08. The number of aliphatic hydroxyl groups is 1. The van der Waals surface area contributed by atoms with Gasteiger partial charge in [-0.1, -0.05) is 30.3 Å². The predicted octanol–water partition coefficient (Wildman–Crippen LogP) is 4.34. The maximum atomic E-state index is 13.4. The Labute approximate surface area is 196 Å². The summed E-state index contributed by atoms with van der Waals surface area (Å²) in [5.74, 6) is -2.43. The van der Waals surface area contributed by atoms with Crippen LogP contribution in [0.2, 0.25) is 0 Å². The van der Waals surface area contributed by atoms with E-state index in [4.69, 9.17) is 0 Å². The van der Waals surface area contributed by atoms with Gasteiger partial charge >= 0.3 is 0 Å². The van der Waals surface area contributed by atoms with Crippen LogP contribution in [0.25, 0.3) is 11.1 Å². The smallest absolute Gasteiger partial charge is 0.241 e. The summed E-state index contributed by atoms with van der Waals surface area (Å²) in [4.78, 5) is 25.5. The van der Waals surface area contributed by atoms with E-state index in [0.717, 1.165) is 29.3 Å². The van der Waals surface area contributed by atoms with E-state index in [-0.39, 0.29) is 29.8 Å². The molecule has 0 aliphatic carbocycles. The van der Waals surface area contributed by atoms with Crippen molar-refractivity contribution in [2.24, 2.45) is 0 Å². The Morgan fingerprint density at radius 1 is 1.09 bits per heavy atom. The van der Waals surface area contributed by atoms with Gasteiger partial charge in [-0.25, -0.2) is 8.78 Å². The Bertz CT molecular complexity index is 1230. The number of aliphatic hydroxyl groups excluding tert-OH is 1. The Balaban J connectivity index is 1.52. The monoisotopic (exact) mass is 465 g/mol. The second-order valence-corrected chi connectivity index (χ2v) is 8.36. The largest absolute Gasteiger partial charge is 0.387 e. The van der Waals surface area contributed by atoms with Gasteiger partial charge in [-0.3, -0.25) is 9.59 Å². The van der Waals surface area contributed by atoms with Crippen LogP contribution in [-0.2, 0) is 9.59 Å². The van der Waals surface area contributed by atoms with Crippen LogP contribution in [0.15, 0.2) is 60.7 Å².